The first kappa shape index (κ1) is 19.0. The lowest BCUT2D eigenvalue weighted by molar-refractivity contribution is 0.0471. The van der Waals surface area contributed by atoms with Crippen molar-refractivity contribution in [3.8, 4) is 5.75 Å². The minimum absolute atomic E-state index is 0.120. The van der Waals surface area contributed by atoms with E-state index in [0.717, 1.165) is 6.26 Å². The van der Waals surface area contributed by atoms with E-state index in [1.807, 2.05) is 0 Å². The van der Waals surface area contributed by atoms with Crippen molar-refractivity contribution in [3.05, 3.63) is 58.6 Å². The van der Waals surface area contributed by atoms with Gasteiger partial charge in [-0.15, -0.1) is 0 Å². The van der Waals surface area contributed by atoms with Crippen LogP contribution in [0.5, 0.6) is 5.75 Å². The van der Waals surface area contributed by atoms with Crippen LogP contribution in [0.25, 0.3) is 0 Å². The van der Waals surface area contributed by atoms with Gasteiger partial charge in [-0.2, -0.15) is 0 Å². The highest BCUT2D eigenvalue weighted by molar-refractivity contribution is 7.90. The average Bonchev–Trinajstić information content (AvgIpc) is 2.58. The van der Waals surface area contributed by atoms with Crippen LogP contribution in [-0.4, -0.2) is 40.1 Å². The molecule has 0 heterocycles. The predicted molar refractivity (Wildman–Crippen MR) is 92.2 cm³/mol. The van der Waals surface area contributed by atoms with E-state index in [1.165, 1.54) is 49.6 Å². The topological polar surface area (TPSA) is 86.7 Å². The number of ether oxygens (including phenoxy) is 2. The van der Waals surface area contributed by atoms with E-state index in [4.69, 9.17) is 21.1 Å². The summed E-state index contributed by atoms with van der Waals surface area (Å²) in [6, 6.07) is 10.1. The molecular weight excluding hydrogens is 368 g/mol. The van der Waals surface area contributed by atoms with Gasteiger partial charge in [0.1, 0.15) is 5.75 Å². The molecule has 6 nitrogen and oxygen atoms in total. The largest absolute Gasteiger partial charge is 0.495 e. The number of hydrogen-bond acceptors (Lipinski definition) is 6. The summed E-state index contributed by atoms with van der Waals surface area (Å²) in [4.78, 5) is 24.1. The summed E-state index contributed by atoms with van der Waals surface area (Å²) in [5, 5.41) is 0.252. The SMILES string of the molecule is COc1ccc(C(=O)COC(=O)c2ccccc2S(C)(=O)=O)cc1Cl. The third-order valence-electron chi connectivity index (χ3n) is 3.31. The number of sulfone groups is 1. The molecule has 0 aromatic heterocycles. The molecule has 0 saturated heterocycles. The van der Waals surface area contributed by atoms with Crippen molar-refractivity contribution >= 4 is 33.2 Å². The Bertz CT molecular complexity index is 920. The van der Waals surface area contributed by atoms with Gasteiger partial charge in [-0.1, -0.05) is 23.7 Å². The zero-order valence-corrected chi connectivity index (χ0v) is 15.1. The van der Waals surface area contributed by atoms with Gasteiger partial charge >= 0.3 is 5.97 Å². The molecule has 0 saturated carbocycles. The van der Waals surface area contributed by atoms with Gasteiger partial charge < -0.3 is 9.47 Å². The van der Waals surface area contributed by atoms with Gasteiger partial charge in [-0.25, -0.2) is 13.2 Å². The molecule has 0 N–H and O–H groups in total. The Morgan fingerprint density at radius 3 is 2.40 bits per heavy atom. The van der Waals surface area contributed by atoms with Crippen molar-refractivity contribution in [2.75, 3.05) is 20.0 Å². The number of methoxy groups -OCH3 is 1. The van der Waals surface area contributed by atoms with E-state index in [2.05, 4.69) is 0 Å². The number of ketones is 1. The molecule has 0 aliphatic carbocycles. The summed E-state index contributed by atoms with van der Waals surface area (Å²) >= 11 is 5.95. The van der Waals surface area contributed by atoms with Crippen molar-refractivity contribution < 1.29 is 27.5 Å². The second-order valence-corrected chi connectivity index (χ2v) is 7.51. The molecule has 2 aromatic carbocycles. The van der Waals surface area contributed by atoms with E-state index in [1.54, 1.807) is 0 Å². The summed E-state index contributed by atoms with van der Waals surface area (Å²) in [6.45, 7) is -0.542. The summed E-state index contributed by atoms with van der Waals surface area (Å²) in [7, 11) is -2.15. The summed E-state index contributed by atoms with van der Waals surface area (Å²) in [5.74, 6) is -0.957. The maximum atomic E-state index is 12.1. The fraction of sp³-hybridized carbons (Fsp3) is 0.176. The van der Waals surface area contributed by atoms with Crippen LogP contribution in [0.4, 0.5) is 0 Å². The number of halogens is 1. The van der Waals surface area contributed by atoms with Gasteiger partial charge in [0.25, 0.3) is 0 Å². The van der Waals surface area contributed by atoms with E-state index >= 15 is 0 Å². The molecule has 0 spiro atoms. The Labute approximate surface area is 150 Å². The molecule has 0 bridgehead atoms. The molecule has 25 heavy (non-hydrogen) atoms. The van der Waals surface area contributed by atoms with E-state index < -0.39 is 28.2 Å². The highest BCUT2D eigenvalue weighted by atomic mass is 35.5. The fourth-order valence-electron chi connectivity index (χ4n) is 2.09. The van der Waals surface area contributed by atoms with Crippen LogP contribution < -0.4 is 4.74 Å². The fourth-order valence-corrected chi connectivity index (χ4v) is 3.22. The normalized spacial score (nSPS) is 11.0. The van der Waals surface area contributed by atoms with Crippen LogP contribution in [0, 0.1) is 0 Å². The first-order chi connectivity index (χ1) is 11.7. The van der Waals surface area contributed by atoms with Gasteiger partial charge in [0.2, 0.25) is 0 Å². The highest BCUT2D eigenvalue weighted by Gasteiger charge is 2.20. The number of hydrogen-bond donors (Lipinski definition) is 0. The van der Waals surface area contributed by atoms with Gasteiger partial charge in [0, 0.05) is 11.8 Å². The van der Waals surface area contributed by atoms with Crippen molar-refractivity contribution in [2.24, 2.45) is 0 Å². The number of rotatable bonds is 6. The Morgan fingerprint density at radius 1 is 1.12 bits per heavy atom. The minimum atomic E-state index is -3.60. The molecule has 2 aromatic rings. The molecule has 0 atom stereocenters. The Hall–Kier alpha value is -2.38. The molecule has 2 rings (SSSR count). The van der Waals surface area contributed by atoms with Crippen molar-refractivity contribution in [3.63, 3.8) is 0 Å². The number of carbonyl (C=O) groups excluding carboxylic acids is 2. The van der Waals surface area contributed by atoms with Gasteiger partial charge in [-0.3, -0.25) is 4.79 Å². The van der Waals surface area contributed by atoms with Crippen LogP contribution in [-0.2, 0) is 14.6 Å². The van der Waals surface area contributed by atoms with Gasteiger partial charge in [-0.05, 0) is 30.3 Å². The molecule has 132 valence electrons. The lowest BCUT2D eigenvalue weighted by atomic mass is 10.1. The smallest absolute Gasteiger partial charge is 0.339 e. The van der Waals surface area contributed by atoms with Crippen molar-refractivity contribution in [1.82, 2.24) is 0 Å². The van der Waals surface area contributed by atoms with Crippen LogP contribution in [0.1, 0.15) is 20.7 Å². The molecule has 0 amide bonds. The number of Topliss-reactive ketones (excluding diaryl/α,β-unsaturated/α-hetero) is 1. The second-order valence-electron chi connectivity index (χ2n) is 5.12. The molecule has 0 fully saturated rings. The maximum Gasteiger partial charge on any atom is 0.339 e. The standard InChI is InChI=1S/C17H15ClO6S/c1-23-15-8-7-11(9-13(15)18)14(19)10-24-17(20)12-5-3-4-6-16(12)25(2,21)22/h3-9H,10H2,1-2H3. The number of esters is 1. The van der Waals surface area contributed by atoms with Crippen LogP contribution >= 0.6 is 11.6 Å². The molecule has 0 radical (unpaired) electrons. The van der Waals surface area contributed by atoms with Crippen molar-refractivity contribution in [2.45, 2.75) is 4.90 Å². The third kappa shape index (κ3) is 4.58. The Morgan fingerprint density at radius 2 is 1.80 bits per heavy atom. The predicted octanol–water partition coefficient (Wildman–Crippen LogP) is 2.79. The Kier molecular flexibility index (Phi) is 5.81. The zero-order chi connectivity index (χ0) is 18.6. The first-order valence-corrected chi connectivity index (χ1v) is 9.34. The molecule has 0 aliphatic rings. The first-order valence-electron chi connectivity index (χ1n) is 7.07. The molecule has 0 unspecified atom stereocenters. The third-order valence-corrected chi connectivity index (χ3v) is 4.76. The Balaban J connectivity index is 2.13. The van der Waals surface area contributed by atoms with E-state index in [0.29, 0.717) is 5.75 Å². The summed E-state index contributed by atoms with van der Waals surface area (Å²) in [5.41, 5.74) is 0.126. The maximum absolute atomic E-state index is 12.1. The van der Waals surface area contributed by atoms with Gasteiger partial charge in [0.05, 0.1) is 22.6 Å². The monoisotopic (exact) mass is 382 g/mol. The molecule has 8 heteroatoms. The zero-order valence-electron chi connectivity index (χ0n) is 13.5. The van der Waals surface area contributed by atoms with Crippen LogP contribution in [0.3, 0.4) is 0 Å². The summed E-state index contributed by atoms with van der Waals surface area (Å²) < 4.78 is 33.4. The average molecular weight is 383 g/mol. The van der Waals surface area contributed by atoms with Crippen LogP contribution in [0.15, 0.2) is 47.4 Å². The quantitative estimate of drug-likeness (QED) is 0.564. The second kappa shape index (κ2) is 7.67. The molecule has 0 aliphatic heterocycles. The van der Waals surface area contributed by atoms with Gasteiger partial charge in [0.15, 0.2) is 22.2 Å². The number of benzene rings is 2. The lowest BCUT2D eigenvalue weighted by Crippen LogP contribution is -2.16. The molecular formula is C17H15ClO6S. The van der Waals surface area contributed by atoms with Crippen LogP contribution in [0.2, 0.25) is 5.02 Å². The van der Waals surface area contributed by atoms with E-state index in [-0.39, 0.29) is 21.0 Å². The lowest BCUT2D eigenvalue weighted by Gasteiger charge is -2.09. The minimum Gasteiger partial charge on any atom is -0.495 e. The van der Waals surface area contributed by atoms with Crippen molar-refractivity contribution in [1.29, 1.82) is 0 Å². The summed E-state index contributed by atoms with van der Waals surface area (Å²) in [6.07, 6.45) is 0.990. The number of carbonyl (C=O) groups is 2. The highest BCUT2D eigenvalue weighted by Crippen LogP contribution is 2.25. The van der Waals surface area contributed by atoms with E-state index in [9.17, 15) is 18.0 Å².